The van der Waals surface area contributed by atoms with E-state index < -0.39 is 6.10 Å². The molecule has 200 valence electrons. The molecule has 0 spiro atoms. The maximum atomic E-state index is 9.95. The number of amides is 1. The molecule has 1 aliphatic rings. The van der Waals surface area contributed by atoms with Crippen LogP contribution in [0.5, 0.6) is 5.75 Å². The molecule has 4 rings (SSSR count). The smallest absolute Gasteiger partial charge is 0.216 e. The Morgan fingerprint density at radius 1 is 1.19 bits per heavy atom. The summed E-state index contributed by atoms with van der Waals surface area (Å²) in [4.78, 5) is 22.0. The highest BCUT2D eigenvalue weighted by molar-refractivity contribution is 5.75. The maximum Gasteiger partial charge on any atom is 0.216 e. The van der Waals surface area contributed by atoms with Gasteiger partial charge in [-0.3, -0.25) is 4.79 Å². The second-order valence-electron chi connectivity index (χ2n) is 9.09. The summed E-state index contributed by atoms with van der Waals surface area (Å²) in [5.41, 5.74) is 4.49. The Labute approximate surface area is 218 Å². The van der Waals surface area contributed by atoms with E-state index in [0.29, 0.717) is 18.1 Å². The third-order valence-corrected chi connectivity index (χ3v) is 6.12. The summed E-state index contributed by atoms with van der Waals surface area (Å²) in [6, 6.07) is 7.69. The highest BCUT2D eigenvalue weighted by atomic mass is 16.5. The Morgan fingerprint density at radius 2 is 1.89 bits per heavy atom. The van der Waals surface area contributed by atoms with Gasteiger partial charge in [0.2, 0.25) is 5.91 Å². The van der Waals surface area contributed by atoms with Crippen LogP contribution in [0.3, 0.4) is 0 Å². The number of nitrogens with one attached hydrogen (secondary N) is 2. The first-order chi connectivity index (χ1) is 17.7. The lowest BCUT2D eigenvalue weighted by Gasteiger charge is -2.21. The molecule has 37 heavy (non-hydrogen) atoms. The Morgan fingerprint density at radius 3 is 2.49 bits per heavy atom. The van der Waals surface area contributed by atoms with Crippen molar-refractivity contribution in [2.75, 3.05) is 45.2 Å². The SMILES string of the molecule is CNC(C)=O.CNCC(O)COc1cccc(-c2nc(-c3c(C)noc3C)c(C)c(N3CCCC3)n2)c1. The number of carbonyl (C=O) groups is 1. The minimum atomic E-state index is -0.577. The molecule has 3 N–H and O–H groups in total. The number of aryl methyl sites for hydroxylation is 2. The molecule has 1 amide bonds. The van der Waals surface area contributed by atoms with E-state index in [2.05, 4.69) is 27.6 Å². The van der Waals surface area contributed by atoms with Gasteiger partial charge in [0.05, 0.1) is 17.0 Å². The van der Waals surface area contributed by atoms with E-state index in [1.807, 2.05) is 38.1 Å². The molecule has 0 aliphatic carbocycles. The van der Waals surface area contributed by atoms with Crippen molar-refractivity contribution in [1.29, 1.82) is 0 Å². The zero-order valence-electron chi connectivity index (χ0n) is 22.6. The van der Waals surface area contributed by atoms with Gasteiger partial charge in [-0.05, 0) is 52.8 Å². The number of nitrogens with zero attached hydrogens (tertiary/aromatic N) is 4. The van der Waals surface area contributed by atoms with Gasteiger partial charge in [-0.25, -0.2) is 9.97 Å². The third-order valence-electron chi connectivity index (χ3n) is 6.12. The summed E-state index contributed by atoms with van der Waals surface area (Å²) in [6.07, 6.45) is 1.75. The number of benzene rings is 1. The van der Waals surface area contributed by atoms with Gasteiger partial charge in [0.15, 0.2) is 5.82 Å². The molecule has 10 heteroatoms. The van der Waals surface area contributed by atoms with Crippen molar-refractivity contribution in [3.63, 3.8) is 0 Å². The largest absolute Gasteiger partial charge is 0.491 e. The lowest BCUT2D eigenvalue weighted by Crippen LogP contribution is -2.29. The molecule has 1 fully saturated rings. The van der Waals surface area contributed by atoms with Gasteiger partial charge in [-0.1, -0.05) is 17.3 Å². The van der Waals surface area contributed by atoms with Crippen LogP contribution in [0, 0.1) is 20.8 Å². The minimum absolute atomic E-state index is 0.00463. The molecule has 1 aliphatic heterocycles. The third kappa shape index (κ3) is 7.27. The number of likely N-dealkylation sites (N-methyl/N-ethyl adjacent to an activating group) is 1. The van der Waals surface area contributed by atoms with Gasteiger partial charge in [-0.2, -0.15) is 0 Å². The predicted octanol–water partition coefficient (Wildman–Crippen LogP) is 3.04. The second kappa shape index (κ2) is 13.2. The van der Waals surface area contributed by atoms with E-state index >= 15 is 0 Å². The zero-order chi connectivity index (χ0) is 26.9. The van der Waals surface area contributed by atoms with Gasteiger partial charge >= 0.3 is 0 Å². The first-order valence-electron chi connectivity index (χ1n) is 12.6. The summed E-state index contributed by atoms with van der Waals surface area (Å²) >= 11 is 0. The molecule has 1 atom stereocenters. The van der Waals surface area contributed by atoms with Gasteiger partial charge in [0.1, 0.15) is 30.0 Å². The van der Waals surface area contributed by atoms with Crippen LogP contribution in [0.15, 0.2) is 28.8 Å². The highest BCUT2D eigenvalue weighted by Crippen LogP contribution is 2.35. The normalized spacial score (nSPS) is 13.6. The monoisotopic (exact) mass is 510 g/mol. The molecular weight excluding hydrogens is 472 g/mol. The van der Waals surface area contributed by atoms with Gasteiger partial charge in [0.25, 0.3) is 0 Å². The van der Waals surface area contributed by atoms with Crippen LogP contribution in [-0.4, -0.2) is 72.6 Å². The van der Waals surface area contributed by atoms with Crippen LogP contribution in [-0.2, 0) is 4.79 Å². The minimum Gasteiger partial charge on any atom is -0.491 e. The molecule has 1 unspecified atom stereocenters. The maximum absolute atomic E-state index is 9.95. The number of aliphatic hydroxyl groups excluding tert-OH is 1. The van der Waals surface area contributed by atoms with Crippen molar-refractivity contribution in [1.82, 2.24) is 25.8 Å². The van der Waals surface area contributed by atoms with Crippen LogP contribution in [0.25, 0.3) is 22.6 Å². The fraction of sp³-hybridized carbons (Fsp3) is 0.481. The zero-order valence-corrected chi connectivity index (χ0v) is 22.6. The lowest BCUT2D eigenvalue weighted by atomic mass is 10.0. The highest BCUT2D eigenvalue weighted by Gasteiger charge is 2.24. The fourth-order valence-electron chi connectivity index (χ4n) is 4.15. The number of hydrogen-bond acceptors (Lipinski definition) is 9. The molecule has 1 saturated heterocycles. The summed E-state index contributed by atoms with van der Waals surface area (Å²) in [5.74, 6) is 3.01. The van der Waals surface area contributed by atoms with Crippen LogP contribution in [0.2, 0.25) is 0 Å². The van der Waals surface area contributed by atoms with Gasteiger partial charge in [0, 0.05) is 44.7 Å². The van der Waals surface area contributed by atoms with Gasteiger partial charge < -0.3 is 29.9 Å². The van der Waals surface area contributed by atoms with E-state index in [1.165, 1.54) is 6.92 Å². The molecule has 0 bridgehead atoms. The lowest BCUT2D eigenvalue weighted by molar-refractivity contribution is -0.118. The number of anilines is 1. The molecular formula is C27H38N6O4. The molecule has 1 aromatic carbocycles. The van der Waals surface area contributed by atoms with E-state index in [1.54, 1.807) is 14.1 Å². The molecule has 2 aromatic heterocycles. The number of rotatable bonds is 8. The van der Waals surface area contributed by atoms with Crippen molar-refractivity contribution >= 4 is 11.7 Å². The number of ether oxygens (including phenoxy) is 1. The topological polar surface area (TPSA) is 126 Å². The first-order valence-corrected chi connectivity index (χ1v) is 12.6. The fourth-order valence-corrected chi connectivity index (χ4v) is 4.15. The first kappa shape index (κ1) is 28.1. The van der Waals surface area contributed by atoms with E-state index in [4.69, 9.17) is 19.2 Å². The van der Waals surface area contributed by atoms with Crippen molar-refractivity contribution in [3.05, 3.63) is 41.3 Å². The summed E-state index contributed by atoms with van der Waals surface area (Å²) < 4.78 is 11.2. The standard InChI is InChI=1S/C24H31N5O3.C3H7NO/c1-15-22(21-16(2)28-32-17(21)3)26-23(27-24(15)29-10-5-6-11-29)18-8-7-9-20(12-18)31-14-19(30)13-25-4;1-3(5)4-2/h7-9,12,19,25,30H,5-6,10-11,13-14H2,1-4H3;1-2H3,(H,4,5). The van der Waals surface area contributed by atoms with E-state index in [9.17, 15) is 9.90 Å². The van der Waals surface area contributed by atoms with Crippen molar-refractivity contribution < 1.29 is 19.2 Å². The quantitative estimate of drug-likeness (QED) is 0.419. The van der Waals surface area contributed by atoms with Crippen LogP contribution < -0.4 is 20.3 Å². The summed E-state index contributed by atoms with van der Waals surface area (Å²) in [7, 11) is 3.40. The Hall–Kier alpha value is -3.50. The number of carbonyl (C=O) groups excluding carboxylic acids is 1. The summed E-state index contributed by atoms with van der Waals surface area (Å²) in [5, 5.41) is 19.4. The van der Waals surface area contributed by atoms with E-state index in [-0.39, 0.29) is 12.5 Å². The molecule has 0 radical (unpaired) electrons. The van der Waals surface area contributed by atoms with Crippen LogP contribution in [0.1, 0.15) is 36.8 Å². The van der Waals surface area contributed by atoms with Crippen LogP contribution in [0.4, 0.5) is 5.82 Å². The molecule has 3 heterocycles. The molecule has 0 saturated carbocycles. The van der Waals surface area contributed by atoms with Gasteiger partial charge in [-0.15, -0.1) is 0 Å². The van der Waals surface area contributed by atoms with E-state index in [0.717, 1.165) is 65.6 Å². The number of aliphatic hydroxyl groups is 1. The average molecular weight is 511 g/mol. The second-order valence-corrected chi connectivity index (χ2v) is 9.09. The molecule has 3 aromatic rings. The van der Waals surface area contributed by atoms with Crippen LogP contribution >= 0.6 is 0 Å². The average Bonchev–Trinajstić information content (AvgIpc) is 3.54. The van der Waals surface area contributed by atoms with Crippen molar-refractivity contribution in [2.45, 2.75) is 46.6 Å². The predicted molar refractivity (Wildman–Crippen MR) is 144 cm³/mol. The van der Waals surface area contributed by atoms with Crippen molar-refractivity contribution in [3.8, 4) is 28.4 Å². The Balaban J connectivity index is 0.000000695. The Bertz CT molecular complexity index is 1170. The number of aromatic nitrogens is 3. The number of hydrogen-bond donors (Lipinski definition) is 3. The Kier molecular flexibility index (Phi) is 9.99. The van der Waals surface area contributed by atoms with Crippen molar-refractivity contribution in [2.24, 2.45) is 0 Å². The molecule has 10 nitrogen and oxygen atoms in total. The summed E-state index contributed by atoms with van der Waals surface area (Å²) in [6.45, 7) is 10.1.